The smallest absolute Gasteiger partial charge is 0.255 e. The molecule has 0 radical (unpaired) electrons. The van der Waals surface area contributed by atoms with Crippen LogP contribution in [0.15, 0.2) is 103 Å². The van der Waals surface area contributed by atoms with Crippen molar-refractivity contribution in [3.63, 3.8) is 0 Å². The number of H-pyrrole nitrogens is 1. The van der Waals surface area contributed by atoms with Crippen molar-refractivity contribution < 1.29 is 14.4 Å². The van der Waals surface area contributed by atoms with Crippen LogP contribution in [0.1, 0.15) is 49.9 Å². The molecule has 3 unspecified atom stereocenters. The van der Waals surface area contributed by atoms with E-state index in [9.17, 15) is 14.4 Å². The van der Waals surface area contributed by atoms with E-state index in [0.29, 0.717) is 24.9 Å². The number of carbonyl (C=O) groups excluding carboxylic acids is 3. The standard InChI is InChI=1S/C36H32N4O3/c1-22-15-17-24(18-16-22)21-37-34(41)30(19-23-9-3-2-4-10-23)39-35(42)31-20-28-25-11-7-8-14-29(25)38-32(28)33-26-12-5-6-13-27(26)36(43)40(31)33/h2-18,30-31,33,38H,19-21H2,1H3,(H,37,41)(H,39,42). The molecule has 2 aliphatic rings. The highest BCUT2D eigenvalue weighted by molar-refractivity contribution is 6.04. The number of nitrogens with zero attached hydrogens (tertiary/aromatic N) is 1. The highest BCUT2D eigenvalue weighted by atomic mass is 16.2. The quantitative estimate of drug-likeness (QED) is 0.258. The van der Waals surface area contributed by atoms with Crippen molar-refractivity contribution in [1.82, 2.24) is 20.5 Å². The van der Waals surface area contributed by atoms with Gasteiger partial charge in [0.1, 0.15) is 12.1 Å². The predicted molar refractivity (Wildman–Crippen MR) is 165 cm³/mol. The van der Waals surface area contributed by atoms with Crippen molar-refractivity contribution in [1.29, 1.82) is 0 Å². The molecule has 7 heteroatoms. The van der Waals surface area contributed by atoms with E-state index < -0.39 is 18.1 Å². The van der Waals surface area contributed by atoms with Gasteiger partial charge in [-0.05, 0) is 41.3 Å². The summed E-state index contributed by atoms with van der Waals surface area (Å²) in [5.74, 6) is -0.782. The summed E-state index contributed by atoms with van der Waals surface area (Å²) in [6.45, 7) is 2.37. The highest BCUT2D eigenvalue weighted by Crippen LogP contribution is 2.46. The summed E-state index contributed by atoms with van der Waals surface area (Å²) in [6.07, 6.45) is 0.680. The summed E-state index contributed by atoms with van der Waals surface area (Å²) >= 11 is 0. The van der Waals surface area contributed by atoms with Crippen LogP contribution in [0.5, 0.6) is 0 Å². The van der Waals surface area contributed by atoms with Crippen molar-refractivity contribution in [2.75, 3.05) is 0 Å². The molecule has 0 saturated carbocycles. The molecule has 0 aliphatic carbocycles. The van der Waals surface area contributed by atoms with Gasteiger partial charge >= 0.3 is 0 Å². The first-order valence-corrected chi connectivity index (χ1v) is 14.7. The zero-order valence-corrected chi connectivity index (χ0v) is 23.8. The van der Waals surface area contributed by atoms with Gasteiger partial charge < -0.3 is 20.5 Å². The number of hydrogen-bond acceptors (Lipinski definition) is 3. The molecular weight excluding hydrogens is 536 g/mol. The molecule has 3 amide bonds. The number of para-hydroxylation sites is 1. The largest absolute Gasteiger partial charge is 0.356 e. The molecule has 5 aromatic rings. The maximum atomic E-state index is 14.2. The summed E-state index contributed by atoms with van der Waals surface area (Å²) < 4.78 is 0. The fraction of sp³-hybridized carbons (Fsp3) is 0.194. The lowest BCUT2D eigenvalue weighted by molar-refractivity contribution is -0.132. The second-order valence-corrected chi connectivity index (χ2v) is 11.4. The van der Waals surface area contributed by atoms with Gasteiger partial charge in [0.25, 0.3) is 5.91 Å². The predicted octanol–water partition coefficient (Wildman–Crippen LogP) is 4.99. The summed E-state index contributed by atoms with van der Waals surface area (Å²) in [6, 6.07) is 31.2. The van der Waals surface area contributed by atoms with Crippen molar-refractivity contribution >= 4 is 28.6 Å². The Labute approximate surface area is 249 Å². The Hall–Kier alpha value is -5.17. The number of aromatic nitrogens is 1. The molecule has 2 aliphatic heterocycles. The van der Waals surface area contributed by atoms with Crippen molar-refractivity contribution in [2.24, 2.45) is 0 Å². The number of fused-ring (bicyclic) bond motifs is 7. The molecule has 214 valence electrons. The van der Waals surface area contributed by atoms with Gasteiger partial charge in [-0.25, -0.2) is 0 Å². The van der Waals surface area contributed by atoms with Crippen LogP contribution in [-0.2, 0) is 29.0 Å². The molecule has 3 atom stereocenters. The number of carbonyl (C=O) groups is 3. The SMILES string of the molecule is Cc1ccc(CNC(=O)C(Cc2ccccc2)NC(=O)C2Cc3c([nH]c4ccccc34)C3c4ccccc4C(=O)N23)cc1. The lowest BCUT2D eigenvalue weighted by Crippen LogP contribution is -2.57. The van der Waals surface area contributed by atoms with Crippen LogP contribution in [0.2, 0.25) is 0 Å². The molecular formula is C36H32N4O3. The maximum absolute atomic E-state index is 14.2. The Bertz CT molecular complexity index is 1840. The summed E-state index contributed by atoms with van der Waals surface area (Å²) in [5, 5.41) is 7.11. The molecule has 0 fully saturated rings. The minimum Gasteiger partial charge on any atom is -0.356 e. The third kappa shape index (κ3) is 4.87. The molecule has 1 aromatic heterocycles. The van der Waals surface area contributed by atoms with E-state index in [1.165, 1.54) is 0 Å². The zero-order valence-electron chi connectivity index (χ0n) is 23.8. The van der Waals surface area contributed by atoms with Gasteiger partial charge in [-0.3, -0.25) is 14.4 Å². The van der Waals surface area contributed by atoms with Crippen LogP contribution in [0.25, 0.3) is 10.9 Å². The third-order valence-electron chi connectivity index (χ3n) is 8.66. The van der Waals surface area contributed by atoms with Crippen LogP contribution < -0.4 is 10.6 Å². The van der Waals surface area contributed by atoms with Crippen molar-refractivity contribution in [2.45, 2.75) is 44.4 Å². The molecule has 4 aromatic carbocycles. The Morgan fingerprint density at radius 1 is 0.884 bits per heavy atom. The Morgan fingerprint density at radius 2 is 1.60 bits per heavy atom. The molecule has 3 N–H and O–H groups in total. The molecule has 0 spiro atoms. The number of benzene rings is 4. The molecule has 43 heavy (non-hydrogen) atoms. The molecule has 0 bridgehead atoms. The minimum absolute atomic E-state index is 0.173. The number of amides is 3. The van der Waals surface area contributed by atoms with E-state index in [-0.39, 0.29) is 17.7 Å². The highest BCUT2D eigenvalue weighted by Gasteiger charge is 2.49. The third-order valence-corrected chi connectivity index (χ3v) is 8.66. The van der Waals surface area contributed by atoms with Gasteiger partial charge in [0.05, 0.1) is 6.04 Å². The van der Waals surface area contributed by atoms with Crippen LogP contribution in [0.3, 0.4) is 0 Å². The number of aromatic amines is 1. The van der Waals surface area contributed by atoms with E-state index in [1.807, 2.05) is 104 Å². The van der Waals surface area contributed by atoms with Gasteiger partial charge in [-0.1, -0.05) is 96.6 Å². The fourth-order valence-electron chi connectivity index (χ4n) is 6.48. The average Bonchev–Trinajstić information content (AvgIpc) is 3.55. The lowest BCUT2D eigenvalue weighted by Gasteiger charge is -2.37. The number of hydrogen-bond donors (Lipinski definition) is 3. The van der Waals surface area contributed by atoms with E-state index in [0.717, 1.165) is 44.4 Å². The summed E-state index contributed by atoms with van der Waals surface area (Å²) in [4.78, 5) is 46.9. The maximum Gasteiger partial charge on any atom is 0.255 e. The van der Waals surface area contributed by atoms with Crippen LogP contribution in [0.4, 0.5) is 0 Å². The molecule has 0 saturated heterocycles. The minimum atomic E-state index is -0.816. The van der Waals surface area contributed by atoms with Crippen LogP contribution >= 0.6 is 0 Å². The molecule has 7 nitrogen and oxygen atoms in total. The first-order valence-electron chi connectivity index (χ1n) is 14.7. The topological polar surface area (TPSA) is 94.3 Å². The molecule has 7 rings (SSSR count). The van der Waals surface area contributed by atoms with Crippen LogP contribution in [0, 0.1) is 6.92 Å². The van der Waals surface area contributed by atoms with Crippen molar-refractivity contribution in [3.8, 4) is 0 Å². The Morgan fingerprint density at radius 3 is 2.42 bits per heavy atom. The van der Waals surface area contributed by atoms with Gasteiger partial charge in [-0.2, -0.15) is 0 Å². The normalized spacial score (nSPS) is 17.6. The Balaban J connectivity index is 1.21. The van der Waals surface area contributed by atoms with E-state index in [4.69, 9.17) is 0 Å². The fourth-order valence-corrected chi connectivity index (χ4v) is 6.48. The monoisotopic (exact) mass is 568 g/mol. The van der Waals surface area contributed by atoms with Crippen LogP contribution in [-0.4, -0.2) is 39.7 Å². The average molecular weight is 569 g/mol. The summed E-state index contributed by atoms with van der Waals surface area (Å²) in [5.41, 5.74) is 7.50. The molecule has 3 heterocycles. The zero-order chi connectivity index (χ0) is 29.5. The van der Waals surface area contributed by atoms with E-state index in [1.54, 1.807) is 4.90 Å². The Kier molecular flexibility index (Phi) is 6.78. The number of aryl methyl sites for hydroxylation is 1. The lowest BCUT2D eigenvalue weighted by atomic mass is 9.89. The van der Waals surface area contributed by atoms with E-state index >= 15 is 0 Å². The number of rotatable bonds is 7. The summed E-state index contributed by atoms with van der Waals surface area (Å²) in [7, 11) is 0. The first-order chi connectivity index (χ1) is 21.0. The van der Waals surface area contributed by atoms with Gasteiger partial charge in [-0.15, -0.1) is 0 Å². The number of nitrogens with one attached hydrogen (secondary N) is 3. The van der Waals surface area contributed by atoms with Gasteiger partial charge in [0.2, 0.25) is 11.8 Å². The van der Waals surface area contributed by atoms with E-state index in [2.05, 4.69) is 21.7 Å². The first kappa shape index (κ1) is 26.7. The van der Waals surface area contributed by atoms with Gasteiger partial charge in [0.15, 0.2) is 0 Å². The second-order valence-electron chi connectivity index (χ2n) is 11.4. The van der Waals surface area contributed by atoms with Crippen molar-refractivity contribution in [3.05, 3.63) is 142 Å². The second kappa shape index (κ2) is 10.9. The van der Waals surface area contributed by atoms with Gasteiger partial charge in [0, 0.05) is 41.5 Å².